The molecule has 94 valence electrons. The quantitative estimate of drug-likeness (QED) is 0.637. The van der Waals surface area contributed by atoms with Crippen molar-refractivity contribution in [3.63, 3.8) is 0 Å². The van der Waals surface area contributed by atoms with E-state index in [1.165, 1.54) is 0 Å². The summed E-state index contributed by atoms with van der Waals surface area (Å²) in [5.74, 6) is 6.82. The minimum atomic E-state index is 0.720. The van der Waals surface area contributed by atoms with Gasteiger partial charge in [0.1, 0.15) is 11.5 Å². The van der Waals surface area contributed by atoms with Crippen LogP contribution in [0.25, 0.3) is 11.3 Å². The number of anilines is 1. The Balaban J connectivity index is 2.48. The van der Waals surface area contributed by atoms with E-state index >= 15 is 0 Å². The Labute approximate surface area is 106 Å². The molecule has 0 fully saturated rings. The van der Waals surface area contributed by atoms with Gasteiger partial charge in [0.2, 0.25) is 0 Å². The number of nitrogen functional groups attached to an aromatic ring is 1. The van der Waals surface area contributed by atoms with Crippen LogP contribution in [0.1, 0.15) is 0 Å². The largest absolute Gasteiger partial charge is 0.497 e. The van der Waals surface area contributed by atoms with Crippen molar-refractivity contribution in [3.8, 4) is 22.8 Å². The number of nitrogens with two attached hydrogens (primary N) is 1. The highest BCUT2D eigenvalue weighted by molar-refractivity contribution is 5.67. The lowest BCUT2D eigenvalue weighted by molar-refractivity contribution is 0.394. The van der Waals surface area contributed by atoms with E-state index in [2.05, 4.69) is 10.4 Å². The number of methoxy groups -OCH3 is 2. The first-order valence-electron chi connectivity index (χ1n) is 5.43. The first-order chi connectivity index (χ1) is 8.76. The third-order valence-electron chi connectivity index (χ3n) is 2.57. The van der Waals surface area contributed by atoms with Crippen LogP contribution in [0.2, 0.25) is 0 Å². The molecule has 0 aliphatic rings. The molecule has 3 N–H and O–H groups in total. The van der Waals surface area contributed by atoms with Gasteiger partial charge in [0, 0.05) is 17.8 Å². The normalized spacial score (nSPS) is 9.94. The van der Waals surface area contributed by atoms with Crippen LogP contribution in [0.4, 0.5) is 5.69 Å². The van der Waals surface area contributed by atoms with Gasteiger partial charge in [-0.2, -0.15) is 0 Å². The molecule has 0 atom stereocenters. The van der Waals surface area contributed by atoms with Crippen LogP contribution in [0, 0.1) is 0 Å². The van der Waals surface area contributed by atoms with Crippen molar-refractivity contribution in [2.45, 2.75) is 0 Å². The molecule has 0 aliphatic heterocycles. The molecular formula is C13H15N3O2. The lowest BCUT2D eigenvalue weighted by Crippen LogP contribution is -2.06. The van der Waals surface area contributed by atoms with Gasteiger partial charge in [0.25, 0.3) is 0 Å². The first-order valence-corrected chi connectivity index (χ1v) is 5.43. The maximum absolute atomic E-state index is 5.38. The minimum absolute atomic E-state index is 0.720. The number of hydrogen-bond donors (Lipinski definition) is 2. The van der Waals surface area contributed by atoms with Crippen LogP contribution < -0.4 is 20.7 Å². The van der Waals surface area contributed by atoms with Crippen molar-refractivity contribution in [2.24, 2.45) is 5.84 Å². The molecule has 1 heterocycles. The number of benzene rings is 1. The lowest BCUT2D eigenvalue weighted by atomic mass is 10.1. The standard InChI is InChI=1S/C13H15N3O2/c1-17-11-5-9(6-12(8-11)18-2)13-7-10(16-14)3-4-15-13/h3-8H,14H2,1-2H3,(H,15,16). The van der Waals surface area contributed by atoms with Gasteiger partial charge < -0.3 is 14.9 Å². The number of hydrogen-bond acceptors (Lipinski definition) is 5. The van der Waals surface area contributed by atoms with Crippen LogP contribution in [0.5, 0.6) is 11.5 Å². The van der Waals surface area contributed by atoms with E-state index in [0.717, 1.165) is 28.4 Å². The highest BCUT2D eigenvalue weighted by Crippen LogP contribution is 2.29. The summed E-state index contributed by atoms with van der Waals surface area (Å²) in [5, 5.41) is 0. The highest BCUT2D eigenvalue weighted by atomic mass is 16.5. The molecule has 0 aliphatic carbocycles. The van der Waals surface area contributed by atoms with Gasteiger partial charge >= 0.3 is 0 Å². The maximum atomic E-state index is 5.38. The van der Waals surface area contributed by atoms with E-state index in [1.807, 2.05) is 24.3 Å². The van der Waals surface area contributed by atoms with Gasteiger partial charge in [-0.1, -0.05) is 0 Å². The molecule has 0 spiro atoms. The molecule has 0 unspecified atom stereocenters. The fraction of sp³-hybridized carbons (Fsp3) is 0.154. The topological polar surface area (TPSA) is 69.4 Å². The van der Waals surface area contributed by atoms with E-state index < -0.39 is 0 Å². The van der Waals surface area contributed by atoms with E-state index in [4.69, 9.17) is 15.3 Å². The average Bonchev–Trinajstić information content (AvgIpc) is 2.46. The fourth-order valence-electron chi connectivity index (χ4n) is 1.63. The third-order valence-corrected chi connectivity index (χ3v) is 2.57. The van der Waals surface area contributed by atoms with Crippen LogP contribution in [0.3, 0.4) is 0 Å². The summed E-state index contributed by atoms with van der Waals surface area (Å²) in [6.45, 7) is 0. The summed E-state index contributed by atoms with van der Waals surface area (Å²) >= 11 is 0. The predicted molar refractivity (Wildman–Crippen MR) is 70.6 cm³/mol. The molecule has 0 bridgehead atoms. The molecule has 2 rings (SSSR count). The smallest absolute Gasteiger partial charge is 0.123 e. The number of nitrogens with zero attached hydrogens (tertiary/aromatic N) is 1. The van der Waals surface area contributed by atoms with E-state index in [1.54, 1.807) is 26.5 Å². The summed E-state index contributed by atoms with van der Waals surface area (Å²) in [5.41, 5.74) is 5.09. The zero-order valence-corrected chi connectivity index (χ0v) is 10.3. The van der Waals surface area contributed by atoms with Crippen LogP contribution in [-0.2, 0) is 0 Å². The molecule has 0 saturated carbocycles. The van der Waals surface area contributed by atoms with Crippen LogP contribution >= 0.6 is 0 Å². The predicted octanol–water partition coefficient (Wildman–Crippen LogP) is 2.05. The summed E-state index contributed by atoms with van der Waals surface area (Å²) in [7, 11) is 3.23. The van der Waals surface area contributed by atoms with Gasteiger partial charge in [0.05, 0.1) is 25.6 Å². The molecule has 5 nitrogen and oxygen atoms in total. The second-order valence-corrected chi connectivity index (χ2v) is 3.68. The Morgan fingerprint density at radius 3 is 2.28 bits per heavy atom. The minimum Gasteiger partial charge on any atom is -0.497 e. The molecular weight excluding hydrogens is 230 g/mol. The second-order valence-electron chi connectivity index (χ2n) is 3.68. The van der Waals surface area contributed by atoms with Crippen molar-refractivity contribution in [2.75, 3.05) is 19.6 Å². The number of rotatable bonds is 4. The molecule has 2 aromatic rings. The van der Waals surface area contributed by atoms with E-state index in [0.29, 0.717) is 0 Å². The van der Waals surface area contributed by atoms with Crippen LogP contribution in [0.15, 0.2) is 36.5 Å². The van der Waals surface area contributed by atoms with Crippen molar-refractivity contribution in [1.82, 2.24) is 4.98 Å². The SMILES string of the molecule is COc1cc(OC)cc(-c2cc(NN)ccn2)c1. The summed E-state index contributed by atoms with van der Waals surface area (Å²) in [6.07, 6.45) is 1.69. The highest BCUT2D eigenvalue weighted by Gasteiger charge is 2.05. The second kappa shape index (κ2) is 5.37. The van der Waals surface area contributed by atoms with Crippen molar-refractivity contribution >= 4 is 5.69 Å². The number of nitrogens with one attached hydrogen (secondary N) is 1. The number of pyridine rings is 1. The van der Waals surface area contributed by atoms with Gasteiger partial charge in [-0.3, -0.25) is 10.8 Å². The molecule has 0 radical (unpaired) electrons. The summed E-state index contributed by atoms with van der Waals surface area (Å²) in [4.78, 5) is 4.30. The molecule has 0 saturated heterocycles. The number of ether oxygens (including phenoxy) is 2. The monoisotopic (exact) mass is 245 g/mol. The Hall–Kier alpha value is -2.27. The van der Waals surface area contributed by atoms with Crippen molar-refractivity contribution < 1.29 is 9.47 Å². The zero-order valence-electron chi connectivity index (χ0n) is 10.3. The zero-order chi connectivity index (χ0) is 13.0. The van der Waals surface area contributed by atoms with Crippen molar-refractivity contribution in [3.05, 3.63) is 36.5 Å². The summed E-state index contributed by atoms with van der Waals surface area (Å²) in [6, 6.07) is 9.25. The maximum Gasteiger partial charge on any atom is 0.123 e. The number of hydrazine groups is 1. The van der Waals surface area contributed by atoms with Crippen molar-refractivity contribution in [1.29, 1.82) is 0 Å². The van der Waals surface area contributed by atoms with E-state index in [-0.39, 0.29) is 0 Å². The third kappa shape index (κ3) is 2.52. The van der Waals surface area contributed by atoms with E-state index in [9.17, 15) is 0 Å². The van der Waals surface area contributed by atoms with Gasteiger partial charge in [-0.05, 0) is 24.3 Å². The molecule has 1 aromatic carbocycles. The Kier molecular flexibility index (Phi) is 3.64. The van der Waals surface area contributed by atoms with Crippen LogP contribution in [-0.4, -0.2) is 19.2 Å². The molecule has 5 heteroatoms. The first kappa shape index (κ1) is 12.2. The summed E-state index contributed by atoms with van der Waals surface area (Å²) < 4.78 is 10.5. The van der Waals surface area contributed by atoms with Gasteiger partial charge in [-0.15, -0.1) is 0 Å². The number of aromatic nitrogens is 1. The lowest BCUT2D eigenvalue weighted by Gasteiger charge is -2.09. The Bertz CT molecular complexity index is 521. The molecule has 0 amide bonds. The fourth-order valence-corrected chi connectivity index (χ4v) is 1.63. The molecule has 18 heavy (non-hydrogen) atoms. The van der Waals surface area contributed by atoms with Gasteiger partial charge in [0.15, 0.2) is 0 Å². The average molecular weight is 245 g/mol. The Morgan fingerprint density at radius 1 is 1.06 bits per heavy atom. The Morgan fingerprint density at radius 2 is 1.72 bits per heavy atom. The molecule has 1 aromatic heterocycles. The van der Waals surface area contributed by atoms with Gasteiger partial charge in [-0.25, -0.2) is 0 Å².